The van der Waals surface area contributed by atoms with Gasteiger partial charge in [0.1, 0.15) is 12.0 Å². The Labute approximate surface area is 118 Å². The third kappa shape index (κ3) is 3.43. The zero-order valence-corrected chi connectivity index (χ0v) is 12.4. The van der Waals surface area contributed by atoms with E-state index in [1.54, 1.807) is 0 Å². The summed E-state index contributed by atoms with van der Waals surface area (Å²) < 4.78 is 5.52. The number of hydrogen-bond acceptors (Lipinski definition) is 6. The topological polar surface area (TPSA) is 73.1 Å². The van der Waals surface area contributed by atoms with Gasteiger partial charge in [-0.1, -0.05) is 13.3 Å². The van der Waals surface area contributed by atoms with Crippen LogP contribution in [0, 0.1) is 0 Å². The van der Waals surface area contributed by atoms with E-state index in [1.807, 2.05) is 11.8 Å². The molecule has 0 aliphatic heterocycles. The summed E-state index contributed by atoms with van der Waals surface area (Å²) in [6.45, 7) is 2.68. The van der Waals surface area contributed by atoms with E-state index in [1.165, 1.54) is 25.6 Å². The maximum atomic E-state index is 6.07. The van der Waals surface area contributed by atoms with E-state index in [0.717, 1.165) is 6.42 Å². The van der Waals surface area contributed by atoms with Crippen molar-refractivity contribution in [2.24, 2.45) is 0 Å². The van der Waals surface area contributed by atoms with E-state index in [9.17, 15) is 0 Å². The number of anilines is 2. The minimum absolute atomic E-state index is 0.436. The second-order valence-electron chi connectivity index (χ2n) is 4.75. The molecule has 5 nitrogen and oxygen atoms in total. The Hall–Kier alpha value is -1.17. The van der Waals surface area contributed by atoms with E-state index in [-0.39, 0.29) is 0 Å². The molecule has 2 atom stereocenters. The van der Waals surface area contributed by atoms with Crippen molar-refractivity contribution in [1.29, 1.82) is 0 Å². The third-order valence-electron chi connectivity index (χ3n) is 3.37. The van der Waals surface area contributed by atoms with E-state index < -0.39 is 0 Å². The number of aromatic nitrogens is 2. The Morgan fingerprint density at radius 3 is 3.05 bits per heavy atom. The van der Waals surface area contributed by atoms with Gasteiger partial charge in [-0.05, 0) is 25.5 Å². The summed E-state index contributed by atoms with van der Waals surface area (Å²) in [5.74, 6) is 1.19. The summed E-state index contributed by atoms with van der Waals surface area (Å²) in [6.07, 6.45) is 8.27. The molecule has 2 rings (SSSR count). The zero-order valence-electron chi connectivity index (χ0n) is 11.6. The summed E-state index contributed by atoms with van der Waals surface area (Å²) in [5.41, 5.74) is 6.59. The largest absolute Gasteiger partial charge is 0.476 e. The second-order valence-corrected chi connectivity index (χ2v) is 5.82. The van der Waals surface area contributed by atoms with Gasteiger partial charge in [-0.3, -0.25) is 0 Å². The zero-order chi connectivity index (χ0) is 13.7. The predicted octanol–water partition coefficient (Wildman–Crippen LogP) is 2.54. The summed E-state index contributed by atoms with van der Waals surface area (Å²) in [6, 6.07) is 0.436. The van der Waals surface area contributed by atoms with Gasteiger partial charge < -0.3 is 15.8 Å². The van der Waals surface area contributed by atoms with Gasteiger partial charge in [0.2, 0.25) is 5.88 Å². The van der Waals surface area contributed by atoms with Crippen molar-refractivity contribution in [3.8, 4) is 5.88 Å². The molecule has 19 heavy (non-hydrogen) atoms. The fourth-order valence-corrected chi connectivity index (χ4v) is 3.29. The van der Waals surface area contributed by atoms with Gasteiger partial charge in [-0.15, -0.1) is 0 Å². The summed E-state index contributed by atoms with van der Waals surface area (Å²) in [4.78, 5) is 8.33. The molecule has 2 unspecified atom stereocenters. The molecule has 1 aromatic rings. The molecule has 1 saturated carbocycles. The molecule has 1 aliphatic rings. The number of nitrogen functional groups attached to an aromatic ring is 1. The third-order valence-corrected chi connectivity index (χ3v) is 4.54. The van der Waals surface area contributed by atoms with Crippen LogP contribution in [0.2, 0.25) is 0 Å². The van der Waals surface area contributed by atoms with E-state index in [4.69, 9.17) is 10.5 Å². The van der Waals surface area contributed by atoms with Crippen LogP contribution < -0.4 is 15.8 Å². The minimum Gasteiger partial charge on any atom is -0.476 e. The number of hydrogen-bond donors (Lipinski definition) is 2. The Kier molecular flexibility index (Phi) is 5.13. The second kappa shape index (κ2) is 6.84. The smallest absolute Gasteiger partial charge is 0.242 e. The normalized spacial score (nSPS) is 22.4. The molecule has 106 valence electrons. The first-order chi connectivity index (χ1) is 9.26. The highest BCUT2D eigenvalue weighted by molar-refractivity contribution is 7.99. The van der Waals surface area contributed by atoms with Crippen molar-refractivity contribution in [2.45, 2.75) is 43.9 Å². The molecule has 3 N–H and O–H groups in total. The lowest BCUT2D eigenvalue weighted by Gasteiger charge is -2.21. The van der Waals surface area contributed by atoms with Gasteiger partial charge in [-0.25, -0.2) is 4.98 Å². The standard InChI is InChI=1S/C13H22N4OS/c1-3-7-18-13-11(14)12(15-8-16-13)17-9-5-4-6-10(9)19-2/h8-10H,3-7,14H2,1-2H3,(H,15,16,17). The molecular formula is C13H22N4OS. The van der Waals surface area contributed by atoms with Crippen LogP contribution in [0.15, 0.2) is 6.33 Å². The van der Waals surface area contributed by atoms with Crippen molar-refractivity contribution in [2.75, 3.05) is 23.9 Å². The average molecular weight is 282 g/mol. The molecular weight excluding hydrogens is 260 g/mol. The SMILES string of the molecule is CCCOc1ncnc(NC2CCCC2SC)c1N. The van der Waals surface area contributed by atoms with Gasteiger partial charge in [-0.2, -0.15) is 16.7 Å². The summed E-state index contributed by atoms with van der Waals surface area (Å²) in [7, 11) is 0. The predicted molar refractivity (Wildman–Crippen MR) is 80.8 cm³/mol. The summed E-state index contributed by atoms with van der Waals surface area (Å²) >= 11 is 1.91. The molecule has 0 aromatic carbocycles. The van der Waals surface area contributed by atoms with Crippen LogP contribution in [0.4, 0.5) is 11.5 Å². The Balaban J connectivity index is 2.07. The molecule has 6 heteroatoms. The van der Waals surface area contributed by atoms with Crippen molar-refractivity contribution >= 4 is 23.3 Å². The first-order valence-electron chi connectivity index (χ1n) is 6.78. The van der Waals surface area contributed by atoms with Crippen molar-refractivity contribution in [3.63, 3.8) is 0 Å². The first kappa shape index (κ1) is 14.2. The molecule has 0 amide bonds. The molecule has 0 bridgehead atoms. The average Bonchev–Trinajstić information content (AvgIpc) is 2.87. The molecule has 1 aliphatic carbocycles. The van der Waals surface area contributed by atoms with Crippen molar-refractivity contribution < 1.29 is 4.74 Å². The lowest BCUT2D eigenvalue weighted by molar-refractivity contribution is 0.306. The van der Waals surface area contributed by atoms with Gasteiger partial charge in [0.15, 0.2) is 5.82 Å². The Morgan fingerprint density at radius 2 is 2.32 bits per heavy atom. The fourth-order valence-electron chi connectivity index (χ4n) is 2.36. The van der Waals surface area contributed by atoms with Gasteiger partial charge >= 0.3 is 0 Å². The highest BCUT2D eigenvalue weighted by Gasteiger charge is 2.27. The van der Waals surface area contributed by atoms with Crippen molar-refractivity contribution in [3.05, 3.63) is 6.33 Å². The fraction of sp³-hybridized carbons (Fsp3) is 0.692. The molecule has 0 spiro atoms. The highest BCUT2D eigenvalue weighted by Crippen LogP contribution is 2.33. The molecule has 1 fully saturated rings. The number of nitrogens with two attached hydrogens (primary N) is 1. The molecule has 1 heterocycles. The first-order valence-corrected chi connectivity index (χ1v) is 8.07. The van der Waals surface area contributed by atoms with Crippen LogP contribution in [0.25, 0.3) is 0 Å². The van der Waals surface area contributed by atoms with Gasteiger partial charge in [0, 0.05) is 11.3 Å². The van der Waals surface area contributed by atoms with E-state index >= 15 is 0 Å². The van der Waals surface area contributed by atoms with Crippen LogP contribution >= 0.6 is 11.8 Å². The number of thioether (sulfide) groups is 1. The van der Waals surface area contributed by atoms with E-state index in [2.05, 4.69) is 28.5 Å². The number of nitrogens with zero attached hydrogens (tertiary/aromatic N) is 2. The monoisotopic (exact) mass is 282 g/mol. The lowest BCUT2D eigenvalue weighted by atomic mass is 10.2. The van der Waals surface area contributed by atoms with Crippen LogP contribution in [0.3, 0.4) is 0 Å². The van der Waals surface area contributed by atoms with Gasteiger partial charge in [0.25, 0.3) is 0 Å². The maximum Gasteiger partial charge on any atom is 0.242 e. The Bertz CT molecular complexity index is 416. The molecule has 1 aromatic heterocycles. The molecule has 0 saturated heterocycles. The molecule has 0 radical (unpaired) electrons. The van der Waals surface area contributed by atoms with Gasteiger partial charge in [0.05, 0.1) is 6.61 Å². The summed E-state index contributed by atoms with van der Waals surface area (Å²) in [5, 5.41) is 4.08. The van der Waals surface area contributed by atoms with E-state index in [0.29, 0.717) is 35.3 Å². The van der Waals surface area contributed by atoms with Crippen molar-refractivity contribution in [1.82, 2.24) is 9.97 Å². The van der Waals surface area contributed by atoms with Crippen LogP contribution in [-0.4, -0.2) is 34.1 Å². The van der Waals surface area contributed by atoms with Crippen LogP contribution in [-0.2, 0) is 0 Å². The number of nitrogens with one attached hydrogen (secondary N) is 1. The highest BCUT2D eigenvalue weighted by atomic mass is 32.2. The number of ether oxygens (including phenoxy) is 1. The minimum atomic E-state index is 0.436. The van der Waals surface area contributed by atoms with Crippen LogP contribution in [0.5, 0.6) is 5.88 Å². The lowest BCUT2D eigenvalue weighted by Crippen LogP contribution is -2.27. The quantitative estimate of drug-likeness (QED) is 0.835. The maximum absolute atomic E-state index is 6.07. The Morgan fingerprint density at radius 1 is 1.47 bits per heavy atom. The number of rotatable bonds is 6. The van der Waals surface area contributed by atoms with Crippen LogP contribution in [0.1, 0.15) is 32.6 Å².